The van der Waals surface area contributed by atoms with Gasteiger partial charge >= 0.3 is 5.97 Å². The summed E-state index contributed by atoms with van der Waals surface area (Å²) in [7, 11) is 0. The van der Waals surface area contributed by atoms with Crippen LogP contribution in [0.2, 0.25) is 0 Å². The molecule has 1 aromatic rings. The van der Waals surface area contributed by atoms with Crippen LogP contribution in [0, 0.1) is 11.6 Å². The zero-order valence-electron chi connectivity index (χ0n) is 13.5. The van der Waals surface area contributed by atoms with Crippen molar-refractivity contribution in [3.05, 3.63) is 46.2 Å². The van der Waals surface area contributed by atoms with Gasteiger partial charge in [-0.1, -0.05) is 0 Å². The normalized spacial score (nSPS) is 18.6. The molecular weight excluding hydrogens is 352 g/mol. The standard InChI is InChI=1S/C17H15F2NO6/c18-9-2-1-8-12(13(9)19)17(3-5-26-6-4-17)15(24)11(14(8)23)16(25)20-7-10(21)22/h1-2,24H,3-7H2,(H,20,25)(H,21,22). The number of carbonyl (C=O) groups excluding carboxylic acids is 2. The number of benzene rings is 1. The highest BCUT2D eigenvalue weighted by molar-refractivity contribution is 6.27. The number of carboxylic acids is 1. The quantitative estimate of drug-likeness (QED) is 0.693. The number of allylic oxidation sites excluding steroid dienone is 1. The van der Waals surface area contributed by atoms with E-state index in [1.165, 1.54) is 0 Å². The maximum Gasteiger partial charge on any atom is 0.322 e. The first-order valence-corrected chi connectivity index (χ1v) is 7.84. The lowest BCUT2D eigenvalue weighted by atomic mass is 9.65. The SMILES string of the molecule is O=C(O)CNC(=O)C1=C(O)C2(CCOCC2)c2c(ccc(F)c2F)C1=O. The molecule has 0 radical (unpaired) electrons. The van der Waals surface area contributed by atoms with Crippen molar-refractivity contribution < 1.29 is 38.1 Å². The first-order chi connectivity index (χ1) is 12.3. The molecule has 26 heavy (non-hydrogen) atoms. The maximum atomic E-state index is 14.6. The van der Waals surface area contributed by atoms with Gasteiger partial charge in [-0.25, -0.2) is 8.78 Å². The predicted octanol–water partition coefficient (Wildman–Crippen LogP) is 1.22. The Hall–Kier alpha value is -2.81. The Balaban J connectivity index is 2.19. The molecule has 0 saturated carbocycles. The molecule has 1 amide bonds. The van der Waals surface area contributed by atoms with Gasteiger partial charge in [0.25, 0.3) is 5.91 Å². The Labute approximate surface area is 146 Å². The van der Waals surface area contributed by atoms with Gasteiger partial charge in [-0.2, -0.15) is 0 Å². The van der Waals surface area contributed by atoms with Crippen LogP contribution in [0.15, 0.2) is 23.5 Å². The van der Waals surface area contributed by atoms with Crippen LogP contribution in [0.3, 0.4) is 0 Å². The van der Waals surface area contributed by atoms with E-state index in [9.17, 15) is 28.3 Å². The van der Waals surface area contributed by atoms with E-state index in [1.807, 2.05) is 5.32 Å². The Bertz CT molecular complexity index is 842. The largest absolute Gasteiger partial charge is 0.510 e. The number of fused-ring (bicyclic) bond motifs is 2. The van der Waals surface area contributed by atoms with E-state index in [0.717, 1.165) is 12.1 Å². The summed E-state index contributed by atoms with van der Waals surface area (Å²) in [6.07, 6.45) is 0.0738. The lowest BCUT2D eigenvalue weighted by Crippen LogP contribution is -2.45. The van der Waals surface area contributed by atoms with Crippen LogP contribution in [0.5, 0.6) is 0 Å². The average molecular weight is 367 g/mol. The Morgan fingerprint density at radius 2 is 1.88 bits per heavy atom. The third-order valence-electron chi connectivity index (χ3n) is 4.71. The highest BCUT2D eigenvalue weighted by atomic mass is 19.2. The average Bonchev–Trinajstić information content (AvgIpc) is 2.61. The number of amides is 1. The minimum atomic E-state index is -1.48. The van der Waals surface area contributed by atoms with E-state index in [0.29, 0.717) is 0 Å². The van der Waals surface area contributed by atoms with Gasteiger partial charge in [-0.05, 0) is 25.0 Å². The van der Waals surface area contributed by atoms with Crippen LogP contribution in [0.4, 0.5) is 8.78 Å². The number of Topliss-reactive ketones (excluding diaryl/α,β-unsaturated/α-hetero) is 1. The summed E-state index contributed by atoms with van der Waals surface area (Å²) in [6.45, 7) is -0.543. The molecule has 1 fully saturated rings. The van der Waals surface area contributed by atoms with Gasteiger partial charge in [0.15, 0.2) is 11.6 Å². The zero-order chi connectivity index (χ0) is 19.1. The number of hydrogen-bond donors (Lipinski definition) is 3. The summed E-state index contributed by atoms with van der Waals surface area (Å²) in [5.74, 6) is -6.53. The molecule has 7 nitrogen and oxygen atoms in total. The van der Waals surface area contributed by atoms with Crippen LogP contribution in [-0.4, -0.2) is 47.6 Å². The Morgan fingerprint density at radius 1 is 1.23 bits per heavy atom. The Morgan fingerprint density at radius 3 is 2.50 bits per heavy atom. The molecule has 1 aliphatic carbocycles. The number of ketones is 1. The van der Waals surface area contributed by atoms with E-state index >= 15 is 0 Å². The fraction of sp³-hybridized carbons (Fsp3) is 0.353. The molecule has 1 saturated heterocycles. The van der Waals surface area contributed by atoms with Crippen LogP contribution in [-0.2, 0) is 19.7 Å². The predicted molar refractivity (Wildman–Crippen MR) is 82.7 cm³/mol. The summed E-state index contributed by atoms with van der Waals surface area (Å²) >= 11 is 0. The van der Waals surface area contributed by atoms with E-state index in [-0.39, 0.29) is 37.2 Å². The molecule has 0 bridgehead atoms. The second-order valence-corrected chi connectivity index (χ2v) is 6.11. The molecule has 138 valence electrons. The molecule has 3 N–H and O–H groups in total. The van der Waals surface area contributed by atoms with Crippen molar-refractivity contribution >= 4 is 17.7 Å². The number of aliphatic hydroxyl groups excluding tert-OH is 1. The van der Waals surface area contributed by atoms with Gasteiger partial charge < -0.3 is 20.3 Å². The summed E-state index contributed by atoms with van der Waals surface area (Å²) < 4.78 is 33.6. The molecule has 0 aromatic heterocycles. The number of halogens is 2. The summed E-state index contributed by atoms with van der Waals surface area (Å²) in [6, 6.07) is 1.83. The van der Waals surface area contributed by atoms with Crippen LogP contribution in [0.25, 0.3) is 0 Å². The van der Waals surface area contributed by atoms with Gasteiger partial charge in [0.1, 0.15) is 17.9 Å². The molecule has 1 aliphatic heterocycles. The zero-order valence-corrected chi connectivity index (χ0v) is 13.5. The number of carbonyl (C=O) groups is 3. The number of carboxylic acid groups (broad SMARTS) is 1. The van der Waals surface area contributed by atoms with Crippen molar-refractivity contribution in [3.63, 3.8) is 0 Å². The van der Waals surface area contributed by atoms with Crippen molar-refractivity contribution in [2.45, 2.75) is 18.3 Å². The van der Waals surface area contributed by atoms with Gasteiger partial charge in [-0.3, -0.25) is 14.4 Å². The van der Waals surface area contributed by atoms with Crippen molar-refractivity contribution in [2.75, 3.05) is 19.8 Å². The van der Waals surface area contributed by atoms with Crippen molar-refractivity contribution in [2.24, 2.45) is 0 Å². The van der Waals surface area contributed by atoms with Crippen molar-refractivity contribution in [3.8, 4) is 0 Å². The minimum absolute atomic E-state index is 0.0369. The fourth-order valence-electron chi connectivity index (χ4n) is 3.47. The third-order valence-corrected chi connectivity index (χ3v) is 4.71. The van der Waals surface area contributed by atoms with Gasteiger partial charge in [0, 0.05) is 24.3 Å². The fourth-order valence-corrected chi connectivity index (χ4v) is 3.47. The summed E-state index contributed by atoms with van der Waals surface area (Å²) in [5.41, 5.74) is -2.67. The van der Waals surface area contributed by atoms with E-state index in [4.69, 9.17) is 9.84 Å². The summed E-state index contributed by atoms with van der Waals surface area (Å²) in [4.78, 5) is 35.6. The van der Waals surface area contributed by atoms with E-state index in [1.54, 1.807) is 0 Å². The number of nitrogens with one attached hydrogen (secondary N) is 1. The van der Waals surface area contributed by atoms with E-state index < -0.39 is 52.6 Å². The monoisotopic (exact) mass is 367 g/mol. The molecule has 2 aliphatic rings. The molecule has 9 heteroatoms. The van der Waals surface area contributed by atoms with Crippen molar-refractivity contribution in [1.82, 2.24) is 5.32 Å². The van der Waals surface area contributed by atoms with Gasteiger partial charge in [0.05, 0.1) is 5.41 Å². The second kappa shape index (κ2) is 6.49. The van der Waals surface area contributed by atoms with Gasteiger partial charge in [-0.15, -0.1) is 0 Å². The molecule has 1 spiro atoms. The van der Waals surface area contributed by atoms with Crippen molar-refractivity contribution in [1.29, 1.82) is 0 Å². The first kappa shape index (κ1) is 18.0. The number of aliphatic carboxylic acids is 1. The number of rotatable bonds is 3. The lowest BCUT2D eigenvalue weighted by molar-refractivity contribution is -0.137. The molecule has 1 aromatic carbocycles. The second-order valence-electron chi connectivity index (χ2n) is 6.11. The highest BCUT2D eigenvalue weighted by Gasteiger charge is 2.50. The lowest BCUT2D eigenvalue weighted by Gasteiger charge is -2.41. The number of ether oxygens (including phenoxy) is 1. The third kappa shape index (κ3) is 2.64. The molecule has 0 unspecified atom stereocenters. The minimum Gasteiger partial charge on any atom is -0.510 e. The highest BCUT2D eigenvalue weighted by Crippen LogP contribution is 2.48. The summed E-state index contributed by atoms with van der Waals surface area (Å²) in [5, 5.41) is 21.4. The van der Waals surface area contributed by atoms with E-state index in [2.05, 4.69) is 0 Å². The smallest absolute Gasteiger partial charge is 0.322 e. The topological polar surface area (TPSA) is 113 Å². The molecule has 3 rings (SSSR count). The Kier molecular flexibility index (Phi) is 4.49. The first-order valence-electron chi connectivity index (χ1n) is 7.84. The van der Waals surface area contributed by atoms with Gasteiger partial charge in [0.2, 0.25) is 5.78 Å². The number of hydrogen-bond acceptors (Lipinski definition) is 5. The number of aliphatic hydroxyl groups is 1. The molecular formula is C17H15F2NO6. The van der Waals surface area contributed by atoms with Crippen LogP contribution < -0.4 is 5.32 Å². The van der Waals surface area contributed by atoms with Crippen LogP contribution >= 0.6 is 0 Å². The molecule has 1 heterocycles. The van der Waals surface area contributed by atoms with Crippen LogP contribution in [0.1, 0.15) is 28.8 Å². The maximum absolute atomic E-state index is 14.6. The molecule has 0 atom stereocenters.